The summed E-state index contributed by atoms with van der Waals surface area (Å²) in [5.74, 6) is -0.444. The maximum atomic E-state index is 11.9. The smallest absolute Gasteiger partial charge is 0.276 e. The molecule has 0 unspecified atom stereocenters. The molecule has 1 heterocycles. The molecule has 2 N–H and O–H groups in total. The van der Waals surface area contributed by atoms with Gasteiger partial charge in [0.05, 0.1) is 23.8 Å². The van der Waals surface area contributed by atoms with Crippen LogP contribution in [0.5, 0.6) is 5.75 Å². The summed E-state index contributed by atoms with van der Waals surface area (Å²) >= 11 is 0. The number of nitro groups is 1. The second-order valence-electron chi connectivity index (χ2n) is 3.90. The average molecular weight is 290 g/mol. The van der Waals surface area contributed by atoms with E-state index >= 15 is 0 Å². The number of aromatic amines is 1. The van der Waals surface area contributed by atoms with Gasteiger partial charge in [-0.25, -0.2) is 5.10 Å². The summed E-state index contributed by atoms with van der Waals surface area (Å²) in [7, 11) is 1.33. The summed E-state index contributed by atoms with van der Waals surface area (Å²) in [6, 6.07) is 6.19. The zero-order valence-electron chi connectivity index (χ0n) is 10.8. The van der Waals surface area contributed by atoms with Crippen LogP contribution in [0.4, 0.5) is 11.4 Å². The molecular weight excluding hydrogens is 280 g/mol. The van der Waals surface area contributed by atoms with Crippen molar-refractivity contribution in [1.82, 2.24) is 10.2 Å². The van der Waals surface area contributed by atoms with Crippen LogP contribution < -0.4 is 15.6 Å². The first-order chi connectivity index (χ1) is 10.0. The van der Waals surface area contributed by atoms with E-state index in [0.29, 0.717) is 0 Å². The molecule has 1 aromatic carbocycles. The lowest BCUT2D eigenvalue weighted by molar-refractivity contribution is -0.384. The number of hydrogen-bond donors (Lipinski definition) is 2. The summed E-state index contributed by atoms with van der Waals surface area (Å²) in [5, 5.41) is 18.9. The Bertz CT molecular complexity index is 735. The minimum Gasteiger partial charge on any atom is -0.494 e. The Morgan fingerprint density at radius 3 is 2.71 bits per heavy atom. The average Bonchev–Trinajstić information content (AvgIpc) is 2.48. The van der Waals surface area contributed by atoms with Crippen LogP contribution in [0.25, 0.3) is 0 Å². The van der Waals surface area contributed by atoms with Gasteiger partial charge in [0, 0.05) is 12.1 Å². The molecule has 9 heteroatoms. The largest absolute Gasteiger partial charge is 0.494 e. The van der Waals surface area contributed by atoms with Crippen molar-refractivity contribution in [3.63, 3.8) is 0 Å². The summed E-state index contributed by atoms with van der Waals surface area (Å²) in [6.45, 7) is 0. The van der Waals surface area contributed by atoms with Crippen molar-refractivity contribution >= 4 is 17.3 Å². The topological polar surface area (TPSA) is 127 Å². The first-order valence-electron chi connectivity index (χ1n) is 5.71. The minimum atomic E-state index is -0.585. The summed E-state index contributed by atoms with van der Waals surface area (Å²) in [6.07, 6.45) is 0. The number of rotatable bonds is 4. The van der Waals surface area contributed by atoms with Gasteiger partial charge in [0.2, 0.25) is 0 Å². The molecule has 2 rings (SSSR count). The van der Waals surface area contributed by atoms with E-state index in [4.69, 9.17) is 4.74 Å². The fourth-order valence-corrected chi connectivity index (χ4v) is 1.55. The number of benzene rings is 1. The monoisotopic (exact) mass is 290 g/mol. The van der Waals surface area contributed by atoms with Crippen LogP contribution in [0.15, 0.2) is 35.1 Å². The van der Waals surface area contributed by atoms with E-state index in [1.165, 1.54) is 31.4 Å². The number of amides is 1. The fourth-order valence-electron chi connectivity index (χ4n) is 1.55. The Hall–Kier alpha value is -3.23. The van der Waals surface area contributed by atoms with Crippen molar-refractivity contribution in [3.05, 3.63) is 56.5 Å². The molecule has 0 aliphatic rings. The number of non-ortho nitro benzene ring substituents is 1. The highest BCUT2D eigenvalue weighted by atomic mass is 16.6. The highest BCUT2D eigenvalue weighted by Crippen LogP contribution is 2.29. The van der Waals surface area contributed by atoms with E-state index in [1.807, 2.05) is 0 Å². The van der Waals surface area contributed by atoms with Crippen molar-refractivity contribution in [2.24, 2.45) is 0 Å². The fraction of sp³-hybridized carbons (Fsp3) is 0.0833. The molecule has 0 fully saturated rings. The number of aromatic nitrogens is 2. The molecule has 21 heavy (non-hydrogen) atoms. The Labute approximate surface area is 117 Å². The number of carbonyl (C=O) groups is 1. The van der Waals surface area contributed by atoms with Crippen LogP contribution in [0, 0.1) is 10.1 Å². The number of carbonyl (C=O) groups excluding carboxylic acids is 1. The van der Waals surface area contributed by atoms with Gasteiger partial charge >= 0.3 is 0 Å². The van der Waals surface area contributed by atoms with Crippen molar-refractivity contribution < 1.29 is 14.5 Å². The van der Waals surface area contributed by atoms with Crippen LogP contribution in [-0.2, 0) is 0 Å². The van der Waals surface area contributed by atoms with E-state index in [1.54, 1.807) is 0 Å². The first-order valence-corrected chi connectivity index (χ1v) is 5.71. The van der Waals surface area contributed by atoms with Gasteiger partial charge in [-0.1, -0.05) is 0 Å². The number of hydrogen-bond acceptors (Lipinski definition) is 6. The van der Waals surface area contributed by atoms with Crippen LogP contribution in [0.1, 0.15) is 10.5 Å². The highest BCUT2D eigenvalue weighted by molar-refractivity contribution is 6.03. The lowest BCUT2D eigenvalue weighted by atomic mass is 10.2. The molecule has 1 amide bonds. The number of H-pyrrole nitrogens is 1. The molecule has 2 aromatic rings. The predicted molar refractivity (Wildman–Crippen MR) is 72.5 cm³/mol. The van der Waals surface area contributed by atoms with Gasteiger partial charge in [-0.2, -0.15) is 5.10 Å². The lowest BCUT2D eigenvalue weighted by Crippen LogP contribution is -2.17. The molecule has 0 bridgehead atoms. The van der Waals surface area contributed by atoms with Gasteiger partial charge in [0.15, 0.2) is 0 Å². The maximum Gasteiger partial charge on any atom is 0.276 e. The third kappa shape index (κ3) is 3.21. The zero-order chi connectivity index (χ0) is 15.4. The Morgan fingerprint density at radius 1 is 1.38 bits per heavy atom. The molecule has 0 aliphatic heterocycles. The van der Waals surface area contributed by atoms with E-state index in [-0.39, 0.29) is 22.8 Å². The molecule has 0 atom stereocenters. The number of nitrogens with one attached hydrogen (secondary N) is 2. The SMILES string of the molecule is COc1cc([N+](=O)[O-])ccc1NC(=O)c1ccc(=O)[nH]n1. The van der Waals surface area contributed by atoms with E-state index in [2.05, 4.69) is 15.5 Å². The van der Waals surface area contributed by atoms with E-state index < -0.39 is 16.4 Å². The van der Waals surface area contributed by atoms with Gasteiger partial charge in [-0.05, 0) is 12.1 Å². The Kier molecular flexibility index (Phi) is 3.93. The summed E-state index contributed by atoms with van der Waals surface area (Å²) in [4.78, 5) is 32.9. The summed E-state index contributed by atoms with van der Waals surface area (Å²) < 4.78 is 4.99. The van der Waals surface area contributed by atoms with Crippen molar-refractivity contribution in [2.75, 3.05) is 12.4 Å². The molecule has 9 nitrogen and oxygen atoms in total. The number of anilines is 1. The quantitative estimate of drug-likeness (QED) is 0.637. The highest BCUT2D eigenvalue weighted by Gasteiger charge is 2.15. The Balaban J connectivity index is 2.26. The minimum absolute atomic E-state index is 0.00462. The molecule has 1 aromatic heterocycles. The van der Waals surface area contributed by atoms with Crippen molar-refractivity contribution in [2.45, 2.75) is 0 Å². The van der Waals surface area contributed by atoms with Crippen molar-refractivity contribution in [1.29, 1.82) is 0 Å². The molecule has 0 spiro atoms. The second-order valence-corrected chi connectivity index (χ2v) is 3.90. The molecule has 108 valence electrons. The third-order valence-corrected chi connectivity index (χ3v) is 2.56. The van der Waals surface area contributed by atoms with E-state index in [9.17, 15) is 19.7 Å². The molecular formula is C12H10N4O5. The number of methoxy groups -OCH3 is 1. The molecule has 0 saturated heterocycles. The summed E-state index contributed by atoms with van der Waals surface area (Å²) in [5.41, 5.74) is -0.345. The standard InChI is InChI=1S/C12H10N4O5/c1-21-10-6-7(16(19)20)2-3-8(10)13-12(18)9-4-5-11(17)15-14-9/h2-6H,1H3,(H,13,18)(H,15,17). The van der Waals surface area contributed by atoms with Gasteiger partial charge in [0.1, 0.15) is 11.4 Å². The van der Waals surface area contributed by atoms with Gasteiger partial charge < -0.3 is 10.1 Å². The van der Waals surface area contributed by atoms with Crippen molar-refractivity contribution in [3.8, 4) is 5.75 Å². The zero-order valence-corrected chi connectivity index (χ0v) is 10.8. The molecule has 0 saturated carbocycles. The van der Waals surface area contributed by atoms with E-state index in [0.717, 1.165) is 6.07 Å². The van der Waals surface area contributed by atoms with Gasteiger partial charge in [-0.3, -0.25) is 19.7 Å². The van der Waals surface area contributed by atoms with Crippen LogP contribution in [0.2, 0.25) is 0 Å². The van der Waals surface area contributed by atoms with Crippen LogP contribution >= 0.6 is 0 Å². The number of nitro benzene ring substituents is 1. The molecule has 0 aliphatic carbocycles. The van der Waals surface area contributed by atoms with Gasteiger partial charge in [0.25, 0.3) is 17.2 Å². The normalized spacial score (nSPS) is 9.95. The maximum absolute atomic E-state index is 11.9. The second kappa shape index (κ2) is 5.82. The van der Waals surface area contributed by atoms with Crippen LogP contribution in [0.3, 0.4) is 0 Å². The first kappa shape index (κ1) is 14.2. The third-order valence-electron chi connectivity index (χ3n) is 2.56. The number of nitrogens with zero attached hydrogens (tertiary/aromatic N) is 2. The van der Waals surface area contributed by atoms with Gasteiger partial charge in [-0.15, -0.1) is 0 Å². The number of ether oxygens (including phenoxy) is 1. The predicted octanol–water partition coefficient (Wildman–Crippen LogP) is 0.939. The van der Waals surface area contributed by atoms with Crippen LogP contribution in [-0.4, -0.2) is 28.1 Å². The lowest BCUT2D eigenvalue weighted by Gasteiger charge is -2.09. The molecule has 0 radical (unpaired) electrons. The Morgan fingerprint density at radius 2 is 2.14 bits per heavy atom.